The van der Waals surface area contributed by atoms with Crippen molar-refractivity contribution >= 4 is 11.8 Å². The monoisotopic (exact) mass is 300 g/mol. The molecule has 2 amide bonds. The van der Waals surface area contributed by atoms with Crippen molar-refractivity contribution in [1.29, 1.82) is 0 Å². The van der Waals surface area contributed by atoms with Gasteiger partial charge in [-0.3, -0.25) is 9.59 Å². The summed E-state index contributed by atoms with van der Waals surface area (Å²) in [6.07, 6.45) is 2.35. The summed E-state index contributed by atoms with van der Waals surface area (Å²) in [5.41, 5.74) is 0.747. The Morgan fingerprint density at radius 2 is 1.77 bits per heavy atom. The third-order valence-electron chi connectivity index (χ3n) is 4.67. The molecule has 2 aliphatic rings. The van der Waals surface area contributed by atoms with Crippen molar-refractivity contribution in [3.8, 4) is 0 Å². The summed E-state index contributed by atoms with van der Waals surface area (Å²) in [6, 6.07) is 9.66. The van der Waals surface area contributed by atoms with Crippen molar-refractivity contribution in [2.75, 3.05) is 19.6 Å². The molecule has 0 aromatic heterocycles. The smallest absolute Gasteiger partial charge is 0.254 e. The summed E-state index contributed by atoms with van der Waals surface area (Å²) in [5, 5.41) is 0. The maximum Gasteiger partial charge on any atom is 0.254 e. The van der Waals surface area contributed by atoms with Crippen molar-refractivity contribution < 1.29 is 9.59 Å². The molecule has 0 spiro atoms. The quantitative estimate of drug-likeness (QED) is 0.860. The first-order chi connectivity index (χ1) is 10.6. The van der Waals surface area contributed by atoms with Gasteiger partial charge in [0.15, 0.2) is 0 Å². The molecule has 1 aromatic carbocycles. The molecule has 0 radical (unpaired) electrons. The summed E-state index contributed by atoms with van der Waals surface area (Å²) < 4.78 is 0. The largest absolute Gasteiger partial charge is 0.339 e. The molecule has 118 valence electrons. The second-order valence-electron chi connectivity index (χ2n) is 6.71. The van der Waals surface area contributed by atoms with Gasteiger partial charge in [-0.15, -0.1) is 0 Å². The average molecular weight is 300 g/mol. The molecule has 4 heteroatoms. The lowest BCUT2D eigenvalue weighted by molar-refractivity contribution is -0.137. The Kier molecular flexibility index (Phi) is 4.19. The van der Waals surface area contributed by atoms with E-state index in [2.05, 4.69) is 0 Å². The minimum absolute atomic E-state index is 0.0243. The van der Waals surface area contributed by atoms with E-state index in [4.69, 9.17) is 0 Å². The zero-order valence-corrected chi connectivity index (χ0v) is 13.4. The summed E-state index contributed by atoms with van der Waals surface area (Å²) in [6.45, 7) is 5.87. The minimum Gasteiger partial charge on any atom is -0.339 e. The fraction of sp³-hybridized carbons (Fsp3) is 0.556. The van der Waals surface area contributed by atoms with Crippen LogP contribution in [0.25, 0.3) is 0 Å². The summed E-state index contributed by atoms with van der Waals surface area (Å²) in [5.74, 6) is 0.901. The van der Waals surface area contributed by atoms with Crippen LogP contribution in [0.15, 0.2) is 30.3 Å². The van der Waals surface area contributed by atoms with Gasteiger partial charge in [-0.1, -0.05) is 32.0 Å². The van der Waals surface area contributed by atoms with Gasteiger partial charge in [0.05, 0.1) is 6.04 Å². The molecule has 1 atom stereocenters. The van der Waals surface area contributed by atoms with Crippen molar-refractivity contribution in [3.05, 3.63) is 35.9 Å². The van der Waals surface area contributed by atoms with Crippen molar-refractivity contribution in [1.82, 2.24) is 9.80 Å². The maximum absolute atomic E-state index is 12.8. The van der Waals surface area contributed by atoms with E-state index in [-0.39, 0.29) is 23.8 Å². The number of rotatable bonds is 3. The van der Waals surface area contributed by atoms with Gasteiger partial charge in [0.2, 0.25) is 5.91 Å². The van der Waals surface area contributed by atoms with Crippen LogP contribution in [0.1, 0.15) is 37.0 Å². The predicted molar refractivity (Wildman–Crippen MR) is 85.4 cm³/mol. The highest BCUT2D eigenvalue weighted by molar-refractivity contribution is 5.94. The van der Waals surface area contributed by atoms with Crippen LogP contribution in [0.2, 0.25) is 0 Å². The number of carbonyl (C=O) groups is 2. The zero-order valence-electron chi connectivity index (χ0n) is 13.4. The van der Waals surface area contributed by atoms with E-state index in [9.17, 15) is 9.59 Å². The van der Waals surface area contributed by atoms with Gasteiger partial charge in [0.25, 0.3) is 5.91 Å². The summed E-state index contributed by atoms with van der Waals surface area (Å²) in [4.78, 5) is 29.0. The van der Waals surface area contributed by atoms with Crippen LogP contribution in [0.5, 0.6) is 0 Å². The molecule has 1 aliphatic heterocycles. The summed E-state index contributed by atoms with van der Waals surface area (Å²) >= 11 is 0. The second-order valence-corrected chi connectivity index (χ2v) is 6.71. The van der Waals surface area contributed by atoms with Crippen LogP contribution >= 0.6 is 0 Å². The highest BCUT2D eigenvalue weighted by atomic mass is 16.2. The zero-order chi connectivity index (χ0) is 15.7. The van der Waals surface area contributed by atoms with Crippen molar-refractivity contribution in [2.24, 2.45) is 11.8 Å². The van der Waals surface area contributed by atoms with Crippen LogP contribution < -0.4 is 0 Å². The second kappa shape index (κ2) is 6.11. The number of carbonyl (C=O) groups excluding carboxylic acids is 2. The molecule has 22 heavy (non-hydrogen) atoms. The van der Waals surface area contributed by atoms with Crippen LogP contribution in [-0.4, -0.2) is 47.3 Å². The van der Waals surface area contributed by atoms with Gasteiger partial charge >= 0.3 is 0 Å². The first-order valence-corrected chi connectivity index (χ1v) is 8.22. The molecule has 0 bridgehead atoms. The van der Waals surface area contributed by atoms with Crippen LogP contribution in [0, 0.1) is 11.8 Å². The lowest BCUT2D eigenvalue weighted by Crippen LogP contribution is -2.58. The molecule has 1 saturated carbocycles. The average Bonchev–Trinajstić information content (AvgIpc) is 3.38. The molecular formula is C18H24N2O2. The Balaban J connectivity index is 1.75. The van der Waals surface area contributed by atoms with E-state index in [1.54, 1.807) is 0 Å². The lowest BCUT2D eigenvalue weighted by atomic mass is 10.0. The molecular weight excluding hydrogens is 276 g/mol. The molecule has 0 N–H and O–H groups in total. The molecule has 3 rings (SSSR count). The number of amides is 2. The van der Waals surface area contributed by atoms with Gasteiger partial charge in [-0.25, -0.2) is 0 Å². The molecule has 2 fully saturated rings. The van der Waals surface area contributed by atoms with E-state index in [0.29, 0.717) is 25.6 Å². The predicted octanol–water partition coefficient (Wildman–Crippen LogP) is 2.41. The Morgan fingerprint density at radius 3 is 2.36 bits per heavy atom. The van der Waals surface area contributed by atoms with E-state index >= 15 is 0 Å². The van der Waals surface area contributed by atoms with Crippen LogP contribution in [0.3, 0.4) is 0 Å². The normalized spacial score (nSPS) is 22.0. The van der Waals surface area contributed by atoms with Gasteiger partial charge in [0.1, 0.15) is 0 Å². The SMILES string of the molecule is CC(C)C(=O)N1CCN(C(=O)c2ccccc2)C(C2CC2)C1. The van der Waals surface area contributed by atoms with Gasteiger partial charge in [0, 0.05) is 31.1 Å². The first-order valence-electron chi connectivity index (χ1n) is 8.22. The maximum atomic E-state index is 12.8. The number of nitrogens with zero attached hydrogens (tertiary/aromatic N) is 2. The Morgan fingerprint density at radius 1 is 1.09 bits per heavy atom. The van der Waals surface area contributed by atoms with E-state index in [1.165, 1.54) is 12.8 Å². The van der Waals surface area contributed by atoms with Crippen LogP contribution in [0.4, 0.5) is 0 Å². The molecule has 1 aliphatic carbocycles. The number of hydrogen-bond donors (Lipinski definition) is 0. The Labute approximate surface area is 132 Å². The molecule has 1 saturated heterocycles. The third-order valence-corrected chi connectivity index (χ3v) is 4.67. The van der Waals surface area contributed by atoms with Crippen molar-refractivity contribution in [3.63, 3.8) is 0 Å². The van der Waals surface area contributed by atoms with Gasteiger partial charge in [-0.2, -0.15) is 0 Å². The van der Waals surface area contributed by atoms with E-state index < -0.39 is 0 Å². The molecule has 4 nitrogen and oxygen atoms in total. The van der Waals surface area contributed by atoms with Gasteiger partial charge < -0.3 is 9.80 Å². The summed E-state index contributed by atoms with van der Waals surface area (Å²) in [7, 11) is 0. The fourth-order valence-corrected chi connectivity index (χ4v) is 3.26. The minimum atomic E-state index is 0.0243. The highest BCUT2D eigenvalue weighted by Gasteiger charge is 2.42. The van der Waals surface area contributed by atoms with Crippen LogP contribution in [-0.2, 0) is 4.79 Å². The standard InChI is InChI=1S/C18H24N2O2/c1-13(2)17(21)19-10-11-20(16(12-19)14-8-9-14)18(22)15-6-4-3-5-7-15/h3-7,13-14,16H,8-12H2,1-2H3. The number of hydrogen-bond acceptors (Lipinski definition) is 2. The van der Waals surface area contributed by atoms with E-state index in [1.807, 2.05) is 54.0 Å². The Bertz CT molecular complexity index is 551. The number of benzene rings is 1. The van der Waals surface area contributed by atoms with Gasteiger partial charge in [-0.05, 0) is 30.9 Å². The Hall–Kier alpha value is -1.84. The first kappa shape index (κ1) is 15.1. The topological polar surface area (TPSA) is 40.6 Å². The van der Waals surface area contributed by atoms with Crippen molar-refractivity contribution in [2.45, 2.75) is 32.7 Å². The molecule has 1 unspecified atom stereocenters. The fourth-order valence-electron chi connectivity index (χ4n) is 3.26. The third kappa shape index (κ3) is 3.01. The molecule has 1 aromatic rings. The van der Waals surface area contributed by atoms with E-state index in [0.717, 1.165) is 5.56 Å². The molecule has 1 heterocycles. The number of piperazine rings is 1. The lowest BCUT2D eigenvalue weighted by Gasteiger charge is -2.42. The highest BCUT2D eigenvalue weighted by Crippen LogP contribution is 2.37.